The molecule has 0 radical (unpaired) electrons. The minimum absolute atomic E-state index is 0.0113. The predicted molar refractivity (Wildman–Crippen MR) is 205 cm³/mol. The number of methoxy groups -OCH3 is 1. The van der Waals surface area contributed by atoms with Crippen LogP contribution in [-0.4, -0.2) is 146 Å². The normalized spacial score (nSPS) is 26.5. The van der Waals surface area contributed by atoms with Crippen LogP contribution in [0.2, 0.25) is 0 Å². The first-order valence-electron chi connectivity index (χ1n) is 19.7. The number of nitrogens with one attached hydrogen (secondary N) is 4. The molecule has 3 heterocycles. The van der Waals surface area contributed by atoms with E-state index < -0.39 is 95.7 Å². The molecule has 57 heavy (non-hydrogen) atoms. The second kappa shape index (κ2) is 21.8. The number of ether oxygens (including phenoxy) is 4. The Morgan fingerprint density at radius 1 is 0.842 bits per heavy atom. The quantitative estimate of drug-likeness (QED) is 0.196. The van der Waals surface area contributed by atoms with E-state index in [4.69, 9.17) is 14.2 Å². The Morgan fingerprint density at radius 2 is 1.46 bits per heavy atom. The van der Waals surface area contributed by atoms with Crippen molar-refractivity contribution >= 4 is 47.4 Å². The first-order chi connectivity index (χ1) is 26.8. The van der Waals surface area contributed by atoms with E-state index in [1.165, 1.54) is 16.9 Å². The van der Waals surface area contributed by atoms with Gasteiger partial charge in [-0.3, -0.25) is 38.5 Å². The zero-order chi connectivity index (χ0) is 42.4. The number of carbonyl (C=O) groups is 8. The van der Waals surface area contributed by atoms with Crippen molar-refractivity contribution in [3.63, 3.8) is 0 Å². The van der Waals surface area contributed by atoms with Gasteiger partial charge in [0.05, 0.1) is 33.5 Å². The molecule has 6 amide bonds. The molecule has 3 aliphatic heterocycles. The number of hydrogen-bond acceptors (Lipinski definition) is 12. The lowest BCUT2D eigenvalue weighted by molar-refractivity contribution is -0.143. The maximum absolute atomic E-state index is 14.0. The molecule has 0 unspecified atom stereocenters. The zero-order valence-corrected chi connectivity index (χ0v) is 34.6. The summed E-state index contributed by atoms with van der Waals surface area (Å²) in [6.07, 6.45) is 4.28. The maximum Gasteiger partial charge on any atom is 0.410 e. The van der Waals surface area contributed by atoms with E-state index in [1.807, 2.05) is 0 Å². The Morgan fingerprint density at radius 3 is 2.05 bits per heavy atom. The van der Waals surface area contributed by atoms with Gasteiger partial charge in [-0.2, -0.15) is 0 Å². The molecule has 18 nitrogen and oxygen atoms in total. The van der Waals surface area contributed by atoms with Crippen LogP contribution in [-0.2, 0) is 52.5 Å². The topological polar surface area (TPSA) is 228 Å². The molecule has 0 aliphatic carbocycles. The van der Waals surface area contributed by atoms with Crippen molar-refractivity contribution in [1.82, 2.24) is 31.1 Å². The fourth-order valence-electron chi connectivity index (χ4n) is 6.77. The Labute approximate surface area is 334 Å². The summed E-state index contributed by atoms with van der Waals surface area (Å²) in [6, 6.07) is -5.17. The number of ketones is 1. The Balaban J connectivity index is 1.81. The van der Waals surface area contributed by atoms with Crippen molar-refractivity contribution in [1.29, 1.82) is 0 Å². The van der Waals surface area contributed by atoms with Crippen LogP contribution in [0.5, 0.6) is 0 Å². The summed E-state index contributed by atoms with van der Waals surface area (Å²) in [5.74, 6) is -5.77. The SMILES string of the molecule is COC(=O)CNC(=O)[C@@H]1COC/C=C/COC[C@H](NC(=O)[C@@H]2CCCN2C(=O)[C@@H]2CCCN2C(=O)OC(C)(C)C)C(=O)C[C@@H](C(C)C)C(=O)N[C@@H](C(C)C)C(=O)N1. The number of Topliss-reactive ketones (excluding diaryl/α,β-unsaturated/α-hetero) is 1. The molecule has 0 aromatic rings. The molecule has 320 valence electrons. The van der Waals surface area contributed by atoms with Gasteiger partial charge in [0, 0.05) is 25.4 Å². The molecule has 0 spiro atoms. The molecule has 4 N–H and O–H groups in total. The first kappa shape index (κ1) is 46.8. The highest BCUT2D eigenvalue weighted by Gasteiger charge is 2.44. The van der Waals surface area contributed by atoms with Crippen molar-refractivity contribution in [2.45, 2.75) is 116 Å². The lowest BCUT2D eigenvalue weighted by Gasteiger charge is -2.32. The average molecular weight is 807 g/mol. The first-order valence-corrected chi connectivity index (χ1v) is 19.7. The third-order valence-corrected chi connectivity index (χ3v) is 9.95. The van der Waals surface area contributed by atoms with Crippen molar-refractivity contribution in [2.75, 3.05) is 53.2 Å². The van der Waals surface area contributed by atoms with Crippen LogP contribution >= 0.6 is 0 Å². The van der Waals surface area contributed by atoms with Gasteiger partial charge in [-0.25, -0.2) is 4.79 Å². The van der Waals surface area contributed by atoms with Crippen molar-refractivity contribution < 1.29 is 57.3 Å². The lowest BCUT2D eigenvalue weighted by atomic mass is 9.87. The lowest BCUT2D eigenvalue weighted by Crippen LogP contribution is -2.58. The van der Waals surface area contributed by atoms with Crippen LogP contribution in [0.3, 0.4) is 0 Å². The summed E-state index contributed by atoms with van der Waals surface area (Å²) in [5, 5.41) is 10.6. The van der Waals surface area contributed by atoms with Crippen LogP contribution in [0, 0.1) is 17.8 Å². The van der Waals surface area contributed by atoms with Gasteiger partial charge in [0.25, 0.3) is 0 Å². The average Bonchev–Trinajstić information content (AvgIpc) is 3.84. The van der Waals surface area contributed by atoms with E-state index in [9.17, 15) is 38.4 Å². The van der Waals surface area contributed by atoms with Crippen LogP contribution in [0.15, 0.2) is 12.2 Å². The van der Waals surface area contributed by atoms with Crippen LogP contribution in [0.1, 0.15) is 80.6 Å². The van der Waals surface area contributed by atoms with Gasteiger partial charge in [-0.05, 0) is 58.3 Å². The van der Waals surface area contributed by atoms with Crippen molar-refractivity contribution in [3.8, 4) is 0 Å². The van der Waals surface area contributed by atoms with Gasteiger partial charge in [-0.15, -0.1) is 0 Å². The standard InChI is InChI=1S/C39H62N6O12/c1-23(2)25-19-30(46)26(41-35(50)28-13-11-15-44(28)37(52)29-14-12-16-45(29)38(53)57-39(5,6)7)21-55-17-9-10-18-56-22-27(34(49)40-20-31(47)54-8)42-36(51)32(24(3)4)43-33(25)48/h9-10,23-29,32H,11-22H2,1-8H3,(H,40,49)(H,41,50)(H,42,51)(H,43,48)/b10-9+/t25-,26-,27-,28-,29-,32-/m0/s1. The molecule has 0 aromatic carbocycles. The highest BCUT2D eigenvalue weighted by atomic mass is 16.6. The van der Waals surface area contributed by atoms with E-state index in [0.717, 1.165) is 0 Å². The number of nitrogens with zero attached hydrogens (tertiary/aromatic N) is 2. The Hall–Kier alpha value is -4.58. The number of hydrogen-bond donors (Lipinski definition) is 4. The predicted octanol–water partition coefficient (Wildman–Crippen LogP) is 0.611. The van der Waals surface area contributed by atoms with Crippen LogP contribution in [0.25, 0.3) is 0 Å². The van der Waals surface area contributed by atoms with E-state index in [0.29, 0.717) is 38.8 Å². The summed E-state index contributed by atoms with van der Waals surface area (Å²) in [5.41, 5.74) is -0.748. The third kappa shape index (κ3) is 14.1. The highest BCUT2D eigenvalue weighted by molar-refractivity contribution is 5.97. The van der Waals surface area contributed by atoms with Crippen molar-refractivity contribution in [3.05, 3.63) is 12.2 Å². The van der Waals surface area contributed by atoms with Gasteiger partial charge in [0.2, 0.25) is 29.5 Å². The fraction of sp³-hybridized carbons (Fsp3) is 0.744. The molecule has 3 rings (SSSR count). The molecule has 2 fully saturated rings. The van der Waals surface area contributed by atoms with Crippen LogP contribution in [0.4, 0.5) is 4.79 Å². The fourth-order valence-corrected chi connectivity index (χ4v) is 6.77. The Kier molecular flexibility index (Phi) is 17.9. The summed E-state index contributed by atoms with van der Waals surface area (Å²) < 4.78 is 21.5. The number of rotatable bonds is 8. The van der Waals surface area contributed by atoms with E-state index in [1.54, 1.807) is 60.6 Å². The minimum atomic E-state index is -1.22. The van der Waals surface area contributed by atoms with E-state index in [-0.39, 0.29) is 44.7 Å². The number of esters is 1. The molecule has 18 heteroatoms. The zero-order valence-electron chi connectivity index (χ0n) is 34.6. The van der Waals surface area contributed by atoms with Crippen LogP contribution < -0.4 is 21.3 Å². The molecule has 3 aliphatic rings. The molecule has 6 atom stereocenters. The van der Waals surface area contributed by atoms with E-state index >= 15 is 0 Å². The maximum atomic E-state index is 14.0. The van der Waals surface area contributed by atoms with Gasteiger partial charge < -0.3 is 45.1 Å². The summed E-state index contributed by atoms with van der Waals surface area (Å²) in [7, 11) is 1.17. The van der Waals surface area contributed by atoms with Gasteiger partial charge in [0.15, 0.2) is 5.78 Å². The number of amides is 6. The Bertz CT molecular complexity index is 1490. The van der Waals surface area contributed by atoms with Crippen molar-refractivity contribution in [2.24, 2.45) is 17.8 Å². The highest BCUT2D eigenvalue weighted by Crippen LogP contribution is 2.27. The molecule has 0 aromatic heterocycles. The summed E-state index contributed by atoms with van der Waals surface area (Å²) >= 11 is 0. The summed E-state index contributed by atoms with van der Waals surface area (Å²) in [4.78, 5) is 109. The van der Waals surface area contributed by atoms with Gasteiger partial charge >= 0.3 is 12.1 Å². The number of likely N-dealkylation sites (tertiary alicyclic amines) is 2. The second-order valence-corrected chi connectivity index (χ2v) is 16.2. The molecule has 0 bridgehead atoms. The van der Waals surface area contributed by atoms with Gasteiger partial charge in [-0.1, -0.05) is 39.8 Å². The smallest absolute Gasteiger partial charge is 0.410 e. The molecule has 2 saturated heterocycles. The molecular formula is C39H62N6O12. The largest absolute Gasteiger partial charge is 0.468 e. The molecular weight excluding hydrogens is 744 g/mol. The minimum Gasteiger partial charge on any atom is -0.468 e. The van der Waals surface area contributed by atoms with E-state index in [2.05, 4.69) is 26.0 Å². The summed E-state index contributed by atoms with van der Waals surface area (Å²) in [6.45, 7) is 11.9. The monoisotopic (exact) mass is 806 g/mol. The van der Waals surface area contributed by atoms with Gasteiger partial charge in [0.1, 0.15) is 42.4 Å². The third-order valence-electron chi connectivity index (χ3n) is 9.95. The number of carbonyl (C=O) groups excluding carboxylic acids is 8. The second-order valence-electron chi connectivity index (χ2n) is 16.2. The molecule has 0 saturated carbocycles.